The topological polar surface area (TPSA) is 75.4 Å². The first kappa shape index (κ1) is 18.5. The molecule has 5 nitrogen and oxygen atoms in total. The molecule has 1 aromatic carbocycles. The van der Waals surface area contributed by atoms with E-state index in [1.165, 1.54) is 5.56 Å². The smallest absolute Gasteiger partial charge is 0.280 e. The fourth-order valence-electron chi connectivity index (χ4n) is 3.44. The molecule has 3 rings (SSSR count). The molecule has 23 heavy (non-hydrogen) atoms. The lowest BCUT2D eigenvalue weighted by atomic mass is 9.88. The van der Waals surface area contributed by atoms with Crippen molar-refractivity contribution in [2.24, 2.45) is 5.92 Å². The Labute approximate surface area is 145 Å². The van der Waals surface area contributed by atoms with Gasteiger partial charge < -0.3 is 5.73 Å². The van der Waals surface area contributed by atoms with Gasteiger partial charge in [-0.15, -0.1) is 12.4 Å². The molecule has 0 spiro atoms. The second kappa shape index (κ2) is 7.38. The predicted molar refractivity (Wildman–Crippen MR) is 95.8 cm³/mol. The van der Waals surface area contributed by atoms with Gasteiger partial charge in [-0.3, -0.25) is 0 Å². The summed E-state index contributed by atoms with van der Waals surface area (Å²) >= 11 is 0. The van der Waals surface area contributed by atoms with E-state index in [0.29, 0.717) is 19.0 Å². The normalized spacial score (nSPS) is 23.1. The predicted octanol–water partition coefficient (Wildman–Crippen LogP) is 2.63. The Morgan fingerprint density at radius 3 is 2.61 bits per heavy atom. The van der Waals surface area contributed by atoms with Gasteiger partial charge >= 0.3 is 0 Å². The van der Waals surface area contributed by atoms with Crippen LogP contribution in [-0.2, 0) is 16.6 Å². The van der Waals surface area contributed by atoms with Crippen molar-refractivity contribution >= 4 is 28.3 Å². The Kier molecular flexibility index (Phi) is 5.94. The summed E-state index contributed by atoms with van der Waals surface area (Å²) in [5.74, 6) is 0.616. The largest absolute Gasteiger partial charge is 0.399 e. The molecular formula is C16H26ClN3O2S. The summed E-state index contributed by atoms with van der Waals surface area (Å²) in [5.41, 5.74) is 8.83. The third kappa shape index (κ3) is 4.18. The second-order valence-electron chi connectivity index (χ2n) is 6.61. The molecule has 1 fully saturated rings. The number of fused-ring (bicyclic) bond motifs is 1. The van der Waals surface area contributed by atoms with Crippen LogP contribution in [0.2, 0.25) is 0 Å². The van der Waals surface area contributed by atoms with Gasteiger partial charge in [-0.25, -0.2) is 0 Å². The minimum Gasteiger partial charge on any atom is -0.399 e. The highest BCUT2D eigenvalue weighted by atomic mass is 35.5. The Hall–Kier alpha value is -0.820. The Balaban J connectivity index is 0.00000192. The average molecular weight is 360 g/mol. The number of rotatable bonds is 3. The zero-order valence-electron chi connectivity index (χ0n) is 13.5. The van der Waals surface area contributed by atoms with Crippen LogP contribution in [0, 0.1) is 5.92 Å². The van der Waals surface area contributed by atoms with E-state index in [1.54, 1.807) is 4.31 Å². The van der Waals surface area contributed by atoms with Crippen molar-refractivity contribution in [1.82, 2.24) is 9.03 Å². The van der Waals surface area contributed by atoms with E-state index in [1.807, 2.05) is 18.2 Å². The van der Waals surface area contributed by atoms with Crippen LogP contribution in [0.3, 0.4) is 0 Å². The van der Waals surface area contributed by atoms with Crippen molar-refractivity contribution < 1.29 is 8.42 Å². The molecule has 1 aromatic rings. The molecule has 130 valence electrons. The molecule has 1 atom stereocenters. The van der Waals surface area contributed by atoms with Gasteiger partial charge in [-0.1, -0.05) is 13.0 Å². The summed E-state index contributed by atoms with van der Waals surface area (Å²) < 4.78 is 29.8. The van der Waals surface area contributed by atoms with Gasteiger partial charge in [-0.2, -0.15) is 17.4 Å². The van der Waals surface area contributed by atoms with Crippen LogP contribution < -0.4 is 10.5 Å². The summed E-state index contributed by atoms with van der Waals surface area (Å²) in [6, 6.07) is 5.66. The Bertz CT molecular complexity index is 643. The number of halogens is 1. The Morgan fingerprint density at radius 1 is 1.22 bits per heavy atom. The average Bonchev–Trinajstić information content (AvgIpc) is 2.47. The van der Waals surface area contributed by atoms with Gasteiger partial charge in [0.05, 0.1) is 0 Å². The fraction of sp³-hybridized carbons (Fsp3) is 0.625. The van der Waals surface area contributed by atoms with Crippen molar-refractivity contribution in [3.8, 4) is 0 Å². The number of hydrogen-bond donors (Lipinski definition) is 2. The molecule has 1 aliphatic heterocycles. The van der Waals surface area contributed by atoms with Crippen molar-refractivity contribution in [2.75, 3.05) is 18.8 Å². The van der Waals surface area contributed by atoms with Gasteiger partial charge in [-0.05, 0) is 61.3 Å². The molecule has 0 aromatic heterocycles. The fourth-order valence-corrected chi connectivity index (χ4v) is 4.88. The van der Waals surface area contributed by atoms with Crippen LogP contribution in [0.1, 0.15) is 49.8 Å². The SMILES string of the molecule is CC1CCN(S(=O)(=O)NC2CCCc3cc(N)ccc32)CC1.Cl. The molecule has 1 heterocycles. The van der Waals surface area contributed by atoms with Crippen LogP contribution in [-0.4, -0.2) is 25.8 Å². The van der Waals surface area contributed by atoms with E-state index in [9.17, 15) is 8.42 Å². The number of nitrogen functional groups attached to an aromatic ring is 1. The van der Waals surface area contributed by atoms with Crippen LogP contribution in [0.5, 0.6) is 0 Å². The Morgan fingerprint density at radius 2 is 1.91 bits per heavy atom. The molecule has 0 radical (unpaired) electrons. The molecule has 7 heteroatoms. The minimum atomic E-state index is -3.41. The molecule has 2 aliphatic rings. The third-order valence-corrected chi connectivity index (χ3v) is 6.48. The summed E-state index contributed by atoms with van der Waals surface area (Å²) in [7, 11) is -3.41. The molecule has 0 amide bonds. The van der Waals surface area contributed by atoms with Crippen molar-refractivity contribution in [2.45, 2.75) is 45.1 Å². The first-order chi connectivity index (χ1) is 10.5. The van der Waals surface area contributed by atoms with E-state index in [4.69, 9.17) is 5.73 Å². The van der Waals surface area contributed by atoms with Crippen LogP contribution in [0.4, 0.5) is 5.69 Å². The molecule has 1 unspecified atom stereocenters. The number of nitrogens with two attached hydrogens (primary N) is 1. The molecule has 1 aliphatic carbocycles. The molecular weight excluding hydrogens is 334 g/mol. The number of aryl methyl sites for hydroxylation is 1. The number of nitrogens with zero attached hydrogens (tertiary/aromatic N) is 1. The van der Waals surface area contributed by atoms with Crippen molar-refractivity contribution in [1.29, 1.82) is 0 Å². The lowest BCUT2D eigenvalue weighted by Gasteiger charge is -2.33. The highest BCUT2D eigenvalue weighted by Gasteiger charge is 2.30. The third-order valence-electron chi connectivity index (χ3n) is 4.86. The quantitative estimate of drug-likeness (QED) is 0.814. The first-order valence-electron chi connectivity index (χ1n) is 8.11. The number of anilines is 1. The summed E-state index contributed by atoms with van der Waals surface area (Å²) in [6.07, 6.45) is 4.69. The number of hydrogen-bond acceptors (Lipinski definition) is 3. The molecule has 3 N–H and O–H groups in total. The van der Waals surface area contributed by atoms with Gasteiger partial charge in [0.15, 0.2) is 0 Å². The highest BCUT2D eigenvalue weighted by Crippen LogP contribution is 2.32. The van der Waals surface area contributed by atoms with Gasteiger partial charge in [0.1, 0.15) is 0 Å². The van der Waals surface area contributed by atoms with E-state index < -0.39 is 10.2 Å². The number of nitrogens with one attached hydrogen (secondary N) is 1. The number of benzene rings is 1. The maximum Gasteiger partial charge on any atom is 0.280 e. The zero-order chi connectivity index (χ0) is 15.7. The molecule has 0 bridgehead atoms. The summed E-state index contributed by atoms with van der Waals surface area (Å²) in [4.78, 5) is 0. The van der Waals surface area contributed by atoms with Crippen molar-refractivity contribution in [3.63, 3.8) is 0 Å². The van der Waals surface area contributed by atoms with Crippen LogP contribution in [0.15, 0.2) is 18.2 Å². The standard InChI is InChI=1S/C16H25N3O2S.ClH/c1-12-7-9-19(10-8-12)22(20,21)18-16-4-2-3-13-11-14(17)5-6-15(13)16;/h5-6,11-12,16,18H,2-4,7-10,17H2,1H3;1H. The second-order valence-corrected chi connectivity index (χ2v) is 8.31. The van der Waals surface area contributed by atoms with E-state index >= 15 is 0 Å². The lowest BCUT2D eigenvalue weighted by Crippen LogP contribution is -2.46. The minimum absolute atomic E-state index is 0. The molecule has 0 saturated carbocycles. The lowest BCUT2D eigenvalue weighted by molar-refractivity contribution is 0.282. The maximum atomic E-state index is 12.6. The van der Waals surface area contributed by atoms with Crippen molar-refractivity contribution in [3.05, 3.63) is 29.3 Å². The van der Waals surface area contributed by atoms with Gasteiger partial charge in [0, 0.05) is 24.8 Å². The van der Waals surface area contributed by atoms with Gasteiger partial charge in [0.2, 0.25) is 0 Å². The van der Waals surface area contributed by atoms with Crippen LogP contribution >= 0.6 is 12.4 Å². The van der Waals surface area contributed by atoms with Gasteiger partial charge in [0.25, 0.3) is 10.2 Å². The monoisotopic (exact) mass is 359 g/mol. The van der Waals surface area contributed by atoms with Crippen LogP contribution in [0.25, 0.3) is 0 Å². The molecule has 1 saturated heterocycles. The highest BCUT2D eigenvalue weighted by molar-refractivity contribution is 7.87. The van der Waals surface area contributed by atoms with E-state index in [-0.39, 0.29) is 18.4 Å². The first-order valence-corrected chi connectivity index (χ1v) is 9.55. The summed E-state index contributed by atoms with van der Waals surface area (Å²) in [6.45, 7) is 3.43. The summed E-state index contributed by atoms with van der Waals surface area (Å²) in [5, 5.41) is 0. The number of piperidine rings is 1. The van der Waals surface area contributed by atoms with E-state index in [2.05, 4.69) is 11.6 Å². The zero-order valence-corrected chi connectivity index (χ0v) is 15.1. The van der Waals surface area contributed by atoms with E-state index in [0.717, 1.165) is 43.4 Å². The maximum absolute atomic E-state index is 12.6.